The van der Waals surface area contributed by atoms with Crippen molar-refractivity contribution in [2.24, 2.45) is 5.92 Å². The lowest BCUT2D eigenvalue weighted by Gasteiger charge is -2.12. The van der Waals surface area contributed by atoms with Gasteiger partial charge in [0.2, 0.25) is 0 Å². The second-order valence-corrected chi connectivity index (χ2v) is 4.03. The number of hydrogen-bond donors (Lipinski definition) is 1. The van der Waals surface area contributed by atoms with Crippen LogP contribution in [0.25, 0.3) is 0 Å². The predicted octanol–water partition coefficient (Wildman–Crippen LogP) is 2.49. The Labute approximate surface area is 101 Å². The molecule has 94 valence electrons. The van der Waals surface area contributed by atoms with Crippen LogP contribution < -0.4 is 9.47 Å². The first-order chi connectivity index (χ1) is 8.04. The number of rotatable bonds is 6. The fourth-order valence-corrected chi connectivity index (χ4v) is 1.36. The summed E-state index contributed by atoms with van der Waals surface area (Å²) in [4.78, 5) is 10.6. The maximum atomic E-state index is 10.6. The van der Waals surface area contributed by atoms with E-state index in [0.717, 1.165) is 5.56 Å². The third kappa shape index (κ3) is 3.98. The Bertz CT molecular complexity index is 387. The molecule has 0 aromatic heterocycles. The van der Waals surface area contributed by atoms with Crippen molar-refractivity contribution in [3.63, 3.8) is 0 Å². The lowest BCUT2D eigenvalue weighted by Crippen LogP contribution is -2.13. The van der Waals surface area contributed by atoms with Gasteiger partial charge in [-0.2, -0.15) is 0 Å². The largest absolute Gasteiger partial charge is 0.493 e. The summed E-state index contributed by atoms with van der Waals surface area (Å²) in [7, 11) is 1.58. The van der Waals surface area contributed by atoms with Crippen LogP contribution in [-0.4, -0.2) is 24.8 Å². The first kappa shape index (κ1) is 13.4. The van der Waals surface area contributed by atoms with E-state index in [1.54, 1.807) is 14.0 Å². The van der Waals surface area contributed by atoms with Crippen molar-refractivity contribution in [2.75, 3.05) is 13.7 Å². The molecule has 1 aromatic carbocycles. The Morgan fingerprint density at radius 1 is 1.41 bits per heavy atom. The highest BCUT2D eigenvalue weighted by Gasteiger charge is 2.11. The summed E-state index contributed by atoms with van der Waals surface area (Å²) in [6.45, 7) is 4.00. The topological polar surface area (TPSA) is 55.8 Å². The molecule has 4 heteroatoms. The van der Waals surface area contributed by atoms with Crippen LogP contribution in [0.4, 0.5) is 0 Å². The summed E-state index contributed by atoms with van der Waals surface area (Å²) in [5.41, 5.74) is 1.09. The average Bonchev–Trinajstić information content (AvgIpc) is 2.30. The molecule has 1 rings (SSSR count). The van der Waals surface area contributed by atoms with Crippen LogP contribution in [0.5, 0.6) is 11.5 Å². The molecular formula is C13H18O4. The van der Waals surface area contributed by atoms with Crippen LogP contribution in [0.3, 0.4) is 0 Å². The maximum Gasteiger partial charge on any atom is 0.306 e. The molecule has 1 N–H and O–H groups in total. The number of carboxylic acid groups (broad SMARTS) is 1. The van der Waals surface area contributed by atoms with Crippen LogP contribution in [0.15, 0.2) is 18.2 Å². The number of ether oxygens (including phenoxy) is 2. The quantitative estimate of drug-likeness (QED) is 0.827. The van der Waals surface area contributed by atoms with E-state index in [1.165, 1.54) is 0 Å². The molecule has 0 aliphatic rings. The Morgan fingerprint density at radius 3 is 2.71 bits per heavy atom. The summed E-state index contributed by atoms with van der Waals surface area (Å²) < 4.78 is 10.7. The van der Waals surface area contributed by atoms with Crippen LogP contribution in [0.1, 0.15) is 18.9 Å². The zero-order valence-electron chi connectivity index (χ0n) is 10.4. The van der Waals surface area contributed by atoms with Gasteiger partial charge in [0.25, 0.3) is 0 Å². The number of methoxy groups -OCH3 is 1. The molecule has 0 bridgehead atoms. The molecule has 0 amide bonds. The molecule has 0 saturated carbocycles. The maximum absolute atomic E-state index is 10.6. The average molecular weight is 238 g/mol. The lowest BCUT2D eigenvalue weighted by molar-refractivity contribution is -0.141. The van der Waals surface area contributed by atoms with Gasteiger partial charge >= 0.3 is 5.97 Å². The van der Waals surface area contributed by atoms with Crippen molar-refractivity contribution < 1.29 is 19.4 Å². The molecule has 1 aromatic rings. The summed E-state index contributed by atoms with van der Waals surface area (Å²) in [5.74, 6) is 0.125. The summed E-state index contributed by atoms with van der Waals surface area (Å²) in [6.07, 6.45) is 0.479. The Hall–Kier alpha value is -1.71. The molecule has 4 nitrogen and oxygen atoms in total. The minimum atomic E-state index is -0.801. The van der Waals surface area contributed by atoms with E-state index in [9.17, 15) is 4.79 Å². The third-order valence-corrected chi connectivity index (χ3v) is 2.55. The van der Waals surface area contributed by atoms with E-state index in [2.05, 4.69) is 0 Å². The highest BCUT2D eigenvalue weighted by atomic mass is 16.5. The predicted molar refractivity (Wildman–Crippen MR) is 64.6 cm³/mol. The van der Waals surface area contributed by atoms with Gasteiger partial charge in [0.15, 0.2) is 11.5 Å². The van der Waals surface area contributed by atoms with Gasteiger partial charge in [-0.3, -0.25) is 4.79 Å². The normalized spacial score (nSPS) is 11.9. The Balaban J connectivity index is 2.54. The SMILES string of the molecule is COc1cc(C)ccc1OCCC(C)C(=O)O. The first-order valence-electron chi connectivity index (χ1n) is 5.55. The van der Waals surface area contributed by atoms with E-state index in [-0.39, 0.29) is 0 Å². The van der Waals surface area contributed by atoms with Gasteiger partial charge in [0.1, 0.15) is 0 Å². The first-order valence-corrected chi connectivity index (χ1v) is 5.55. The second-order valence-electron chi connectivity index (χ2n) is 4.03. The zero-order valence-corrected chi connectivity index (χ0v) is 10.4. The number of hydrogen-bond acceptors (Lipinski definition) is 3. The molecule has 0 aliphatic heterocycles. The molecule has 0 radical (unpaired) electrons. The lowest BCUT2D eigenvalue weighted by atomic mass is 10.1. The number of aliphatic carboxylic acids is 1. The van der Waals surface area contributed by atoms with E-state index in [0.29, 0.717) is 24.5 Å². The number of carbonyl (C=O) groups is 1. The molecule has 1 unspecified atom stereocenters. The third-order valence-electron chi connectivity index (χ3n) is 2.55. The van der Waals surface area contributed by atoms with Crippen molar-refractivity contribution >= 4 is 5.97 Å². The van der Waals surface area contributed by atoms with Gasteiger partial charge in [-0.25, -0.2) is 0 Å². The van der Waals surface area contributed by atoms with Crippen LogP contribution in [-0.2, 0) is 4.79 Å². The number of carboxylic acids is 1. The zero-order chi connectivity index (χ0) is 12.8. The minimum absolute atomic E-state index is 0.368. The highest BCUT2D eigenvalue weighted by molar-refractivity contribution is 5.69. The van der Waals surface area contributed by atoms with E-state index >= 15 is 0 Å². The summed E-state index contributed by atoms with van der Waals surface area (Å²) >= 11 is 0. The van der Waals surface area contributed by atoms with Crippen molar-refractivity contribution in [2.45, 2.75) is 20.3 Å². The fourth-order valence-electron chi connectivity index (χ4n) is 1.36. The molecule has 1 atom stereocenters. The molecule has 0 saturated heterocycles. The van der Waals surface area contributed by atoms with E-state index < -0.39 is 11.9 Å². The molecule has 0 heterocycles. The van der Waals surface area contributed by atoms with Gasteiger partial charge in [-0.05, 0) is 31.0 Å². The Kier molecular flexibility index (Phi) is 4.82. The van der Waals surface area contributed by atoms with Crippen molar-refractivity contribution in [3.05, 3.63) is 23.8 Å². The second kappa shape index (κ2) is 6.13. The van der Waals surface area contributed by atoms with Gasteiger partial charge < -0.3 is 14.6 Å². The highest BCUT2D eigenvalue weighted by Crippen LogP contribution is 2.27. The minimum Gasteiger partial charge on any atom is -0.493 e. The molecule has 0 fully saturated rings. The number of aryl methyl sites for hydroxylation is 1. The molecule has 17 heavy (non-hydrogen) atoms. The summed E-state index contributed by atoms with van der Waals surface area (Å²) in [5, 5.41) is 8.74. The van der Waals surface area contributed by atoms with Crippen molar-refractivity contribution in [1.29, 1.82) is 0 Å². The van der Waals surface area contributed by atoms with Crippen molar-refractivity contribution in [3.8, 4) is 11.5 Å². The van der Waals surface area contributed by atoms with E-state index in [4.69, 9.17) is 14.6 Å². The van der Waals surface area contributed by atoms with Crippen LogP contribution in [0.2, 0.25) is 0 Å². The fraction of sp³-hybridized carbons (Fsp3) is 0.462. The molecule has 0 spiro atoms. The van der Waals surface area contributed by atoms with Crippen molar-refractivity contribution in [1.82, 2.24) is 0 Å². The van der Waals surface area contributed by atoms with Gasteiger partial charge in [-0.1, -0.05) is 13.0 Å². The Morgan fingerprint density at radius 2 is 2.12 bits per heavy atom. The smallest absolute Gasteiger partial charge is 0.306 e. The van der Waals surface area contributed by atoms with Crippen LogP contribution in [0, 0.1) is 12.8 Å². The van der Waals surface area contributed by atoms with Crippen LogP contribution >= 0.6 is 0 Å². The monoisotopic (exact) mass is 238 g/mol. The van der Waals surface area contributed by atoms with E-state index in [1.807, 2.05) is 25.1 Å². The molecule has 0 aliphatic carbocycles. The number of benzene rings is 1. The standard InChI is InChI=1S/C13H18O4/c1-9-4-5-11(12(8-9)16-3)17-7-6-10(2)13(14)15/h4-5,8,10H,6-7H2,1-3H3,(H,14,15). The summed E-state index contributed by atoms with van der Waals surface area (Å²) in [6, 6.07) is 5.65. The van der Waals surface area contributed by atoms with Gasteiger partial charge in [0.05, 0.1) is 19.6 Å². The van der Waals surface area contributed by atoms with Gasteiger partial charge in [0, 0.05) is 0 Å². The molecular weight excluding hydrogens is 220 g/mol. The van der Waals surface area contributed by atoms with Gasteiger partial charge in [-0.15, -0.1) is 0 Å².